The zero-order valence-corrected chi connectivity index (χ0v) is 16.5. The molecule has 8 nitrogen and oxygen atoms in total. The van der Waals surface area contributed by atoms with Gasteiger partial charge in [-0.3, -0.25) is 19.1 Å². The van der Waals surface area contributed by atoms with Crippen molar-refractivity contribution < 1.29 is 13.6 Å². The van der Waals surface area contributed by atoms with E-state index >= 15 is 0 Å². The molecule has 1 aliphatic carbocycles. The van der Waals surface area contributed by atoms with Gasteiger partial charge in [0.1, 0.15) is 6.26 Å². The molecular formula is C21H20FN5O3. The van der Waals surface area contributed by atoms with Gasteiger partial charge in [0, 0.05) is 62.9 Å². The van der Waals surface area contributed by atoms with Crippen molar-refractivity contribution in [3.8, 4) is 11.3 Å². The van der Waals surface area contributed by atoms with E-state index in [9.17, 15) is 14.0 Å². The third kappa shape index (κ3) is 2.89. The smallest absolute Gasteiger partial charge is 0.257 e. The number of piperidine rings is 1. The van der Waals surface area contributed by atoms with E-state index in [-0.39, 0.29) is 28.8 Å². The normalized spacial score (nSPS) is 22.1. The standard InChI is InChI=1S/C21H20FN5O3/c1-25-18(28)7-17(13-3-5-23-8-16(13)22)24-21(25)26(2)19-14-9-27(10-15(14)19)20(29)12-4-6-30-11-12/h3-8,11,14-15,19H,9-10H2,1-2H3/t14-,15+,19+. The predicted molar refractivity (Wildman–Crippen MR) is 106 cm³/mol. The molecule has 0 unspecified atom stereocenters. The fourth-order valence-electron chi connectivity index (χ4n) is 4.50. The Bertz CT molecular complexity index is 1160. The van der Waals surface area contributed by atoms with Crippen molar-refractivity contribution in [2.75, 3.05) is 25.0 Å². The molecule has 3 aromatic heterocycles. The summed E-state index contributed by atoms with van der Waals surface area (Å²) in [6, 6.07) is 4.68. The molecule has 1 saturated carbocycles. The molecule has 5 rings (SSSR count). The lowest BCUT2D eigenvalue weighted by atomic mass is 10.2. The number of carbonyl (C=O) groups excluding carboxylic acids is 1. The van der Waals surface area contributed by atoms with Crippen molar-refractivity contribution in [1.82, 2.24) is 19.4 Å². The Kier molecular flexibility index (Phi) is 4.19. The molecule has 1 saturated heterocycles. The molecular weight excluding hydrogens is 389 g/mol. The summed E-state index contributed by atoms with van der Waals surface area (Å²) in [5.41, 5.74) is 0.811. The molecule has 154 valence electrons. The molecule has 0 aromatic carbocycles. The number of likely N-dealkylation sites (tertiary alicyclic amines) is 1. The summed E-state index contributed by atoms with van der Waals surface area (Å²) < 4.78 is 20.6. The average molecular weight is 409 g/mol. The van der Waals surface area contributed by atoms with Crippen molar-refractivity contribution in [2.45, 2.75) is 6.04 Å². The van der Waals surface area contributed by atoms with Crippen LogP contribution in [0.25, 0.3) is 11.3 Å². The predicted octanol–water partition coefficient (Wildman–Crippen LogP) is 1.78. The number of fused-ring (bicyclic) bond motifs is 1. The van der Waals surface area contributed by atoms with Crippen LogP contribution in [0.3, 0.4) is 0 Å². The Labute approximate surface area is 171 Å². The number of nitrogens with zero attached hydrogens (tertiary/aromatic N) is 5. The van der Waals surface area contributed by atoms with Gasteiger partial charge in [-0.1, -0.05) is 0 Å². The average Bonchev–Trinajstić information content (AvgIpc) is 3.11. The Hall–Kier alpha value is -3.49. The molecule has 0 radical (unpaired) electrons. The number of hydrogen-bond donors (Lipinski definition) is 0. The second kappa shape index (κ2) is 6.79. The molecule has 9 heteroatoms. The summed E-state index contributed by atoms with van der Waals surface area (Å²) in [5.74, 6) is 0.538. The maximum absolute atomic E-state index is 14.2. The first-order chi connectivity index (χ1) is 14.5. The van der Waals surface area contributed by atoms with Gasteiger partial charge in [0.15, 0.2) is 5.82 Å². The molecule has 4 heterocycles. The second-order valence-electron chi connectivity index (χ2n) is 7.85. The van der Waals surface area contributed by atoms with Gasteiger partial charge in [0.05, 0.1) is 23.7 Å². The molecule has 0 spiro atoms. The minimum absolute atomic E-state index is 0.0296. The van der Waals surface area contributed by atoms with E-state index in [0.29, 0.717) is 36.4 Å². The number of aromatic nitrogens is 3. The lowest BCUT2D eigenvalue weighted by Gasteiger charge is -2.26. The van der Waals surface area contributed by atoms with Crippen LogP contribution < -0.4 is 10.5 Å². The fraction of sp³-hybridized carbons (Fsp3) is 0.333. The third-order valence-electron chi connectivity index (χ3n) is 6.13. The van der Waals surface area contributed by atoms with E-state index in [2.05, 4.69) is 9.97 Å². The Morgan fingerprint density at radius 1 is 1.30 bits per heavy atom. The van der Waals surface area contributed by atoms with Gasteiger partial charge in [-0.2, -0.15) is 0 Å². The molecule has 0 bridgehead atoms. The Balaban J connectivity index is 1.37. The van der Waals surface area contributed by atoms with Crippen LogP contribution in [0.2, 0.25) is 0 Å². The Morgan fingerprint density at radius 2 is 2.07 bits per heavy atom. The first-order valence-electron chi connectivity index (χ1n) is 9.68. The molecule has 1 amide bonds. The van der Waals surface area contributed by atoms with Crippen LogP contribution >= 0.6 is 0 Å². The molecule has 1 aliphatic heterocycles. The van der Waals surface area contributed by atoms with Crippen molar-refractivity contribution in [3.63, 3.8) is 0 Å². The first-order valence-corrected chi connectivity index (χ1v) is 9.68. The number of halogens is 1. The van der Waals surface area contributed by atoms with Gasteiger partial charge in [0.2, 0.25) is 5.95 Å². The van der Waals surface area contributed by atoms with Gasteiger partial charge in [-0.25, -0.2) is 9.37 Å². The highest BCUT2D eigenvalue weighted by Gasteiger charge is 2.59. The minimum atomic E-state index is -0.524. The summed E-state index contributed by atoms with van der Waals surface area (Å²) in [4.78, 5) is 37.1. The summed E-state index contributed by atoms with van der Waals surface area (Å²) in [7, 11) is 3.54. The van der Waals surface area contributed by atoms with Crippen LogP contribution in [0, 0.1) is 17.7 Å². The highest BCUT2D eigenvalue weighted by molar-refractivity contribution is 5.94. The van der Waals surface area contributed by atoms with Gasteiger partial charge in [-0.15, -0.1) is 0 Å². The van der Waals surface area contributed by atoms with Crippen molar-refractivity contribution >= 4 is 11.9 Å². The SMILES string of the molecule is CN(c1nc(-c2ccncc2F)cc(=O)n1C)[C@H]1[C@@H]2CN(C(=O)c3ccoc3)C[C@@H]21. The highest BCUT2D eigenvalue weighted by atomic mass is 19.1. The van der Waals surface area contributed by atoms with Crippen LogP contribution in [-0.4, -0.2) is 51.5 Å². The molecule has 0 N–H and O–H groups in total. The van der Waals surface area contributed by atoms with Crippen LogP contribution in [-0.2, 0) is 7.05 Å². The van der Waals surface area contributed by atoms with Crippen molar-refractivity contribution in [1.29, 1.82) is 0 Å². The lowest BCUT2D eigenvalue weighted by molar-refractivity contribution is 0.0772. The number of rotatable bonds is 4. The summed E-state index contributed by atoms with van der Waals surface area (Å²) in [5, 5.41) is 0. The van der Waals surface area contributed by atoms with E-state index in [1.807, 2.05) is 16.8 Å². The molecule has 3 atom stereocenters. The zero-order valence-electron chi connectivity index (χ0n) is 16.5. The Morgan fingerprint density at radius 3 is 2.73 bits per heavy atom. The van der Waals surface area contributed by atoms with Gasteiger partial charge >= 0.3 is 0 Å². The third-order valence-corrected chi connectivity index (χ3v) is 6.13. The number of hydrogen-bond acceptors (Lipinski definition) is 6. The number of furan rings is 1. The van der Waals surface area contributed by atoms with Crippen LogP contribution in [0.15, 0.2) is 52.3 Å². The van der Waals surface area contributed by atoms with E-state index in [1.165, 1.54) is 35.4 Å². The number of pyridine rings is 1. The highest BCUT2D eigenvalue weighted by Crippen LogP contribution is 2.49. The van der Waals surface area contributed by atoms with Gasteiger partial charge < -0.3 is 14.2 Å². The number of anilines is 1. The number of carbonyl (C=O) groups is 1. The van der Waals surface area contributed by atoms with E-state index < -0.39 is 5.82 Å². The van der Waals surface area contributed by atoms with Crippen molar-refractivity contribution in [2.24, 2.45) is 18.9 Å². The van der Waals surface area contributed by atoms with E-state index in [1.54, 1.807) is 13.1 Å². The van der Waals surface area contributed by atoms with Gasteiger partial charge in [0.25, 0.3) is 11.5 Å². The fourth-order valence-corrected chi connectivity index (χ4v) is 4.50. The lowest BCUT2D eigenvalue weighted by Crippen LogP contribution is -2.38. The monoisotopic (exact) mass is 409 g/mol. The molecule has 2 fully saturated rings. The topological polar surface area (TPSA) is 84.5 Å². The first kappa shape index (κ1) is 18.5. The zero-order chi connectivity index (χ0) is 21.0. The maximum Gasteiger partial charge on any atom is 0.257 e. The summed E-state index contributed by atoms with van der Waals surface area (Å²) >= 11 is 0. The molecule has 3 aromatic rings. The van der Waals surface area contributed by atoms with Crippen LogP contribution in [0.5, 0.6) is 0 Å². The largest absolute Gasteiger partial charge is 0.472 e. The van der Waals surface area contributed by atoms with E-state index in [0.717, 1.165) is 6.20 Å². The minimum Gasteiger partial charge on any atom is -0.472 e. The number of amides is 1. The van der Waals surface area contributed by atoms with E-state index in [4.69, 9.17) is 4.42 Å². The molecule has 2 aliphatic rings. The van der Waals surface area contributed by atoms with Crippen LogP contribution in [0.1, 0.15) is 10.4 Å². The molecule has 30 heavy (non-hydrogen) atoms. The van der Waals surface area contributed by atoms with Gasteiger partial charge in [-0.05, 0) is 12.1 Å². The quantitative estimate of drug-likeness (QED) is 0.653. The van der Waals surface area contributed by atoms with Crippen molar-refractivity contribution in [3.05, 3.63) is 64.9 Å². The van der Waals surface area contributed by atoms with Crippen LogP contribution in [0.4, 0.5) is 10.3 Å². The summed E-state index contributed by atoms with van der Waals surface area (Å²) in [6.07, 6.45) is 5.53. The second-order valence-corrected chi connectivity index (χ2v) is 7.85. The summed E-state index contributed by atoms with van der Waals surface area (Å²) in [6.45, 7) is 1.30. The maximum atomic E-state index is 14.2.